The third-order valence-corrected chi connectivity index (χ3v) is 4.49. The van der Waals surface area contributed by atoms with E-state index in [9.17, 15) is 0 Å². The molecule has 0 unspecified atom stereocenters. The Labute approximate surface area is 135 Å². The van der Waals surface area contributed by atoms with Gasteiger partial charge in [0.1, 0.15) is 0 Å². The Morgan fingerprint density at radius 1 is 1.05 bits per heavy atom. The summed E-state index contributed by atoms with van der Waals surface area (Å²) in [5.74, 6) is 2.01. The SMILES string of the molecule is CC(C)=CCc1ccccc1/C=C/B1OC(C)(C)C(C)(C)O1. The minimum absolute atomic E-state index is 0.288. The molecule has 1 aromatic rings. The van der Waals surface area contributed by atoms with Crippen LogP contribution in [0.5, 0.6) is 0 Å². The second-order valence-electron chi connectivity index (χ2n) is 7.17. The maximum atomic E-state index is 6.00. The molecule has 0 spiro atoms. The molecule has 0 N–H and O–H groups in total. The normalized spacial score (nSPS) is 19.6. The first-order valence-electron chi connectivity index (χ1n) is 7.96. The van der Waals surface area contributed by atoms with Crippen LogP contribution in [-0.2, 0) is 15.7 Å². The second-order valence-corrected chi connectivity index (χ2v) is 7.17. The second kappa shape index (κ2) is 6.43. The number of rotatable bonds is 4. The molecular formula is C19H27BO2. The van der Waals surface area contributed by atoms with E-state index in [-0.39, 0.29) is 18.3 Å². The first kappa shape index (κ1) is 17.0. The maximum Gasteiger partial charge on any atom is 0.487 e. The summed E-state index contributed by atoms with van der Waals surface area (Å²) in [6.45, 7) is 12.5. The maximum absolute atomic E-state index is 6.00. The average Bonchev–Trinajstić information content (AvgIpc) is 2.63. The summed E-state index contributed by atoms with van der Waals surface area (Å²) in [6, 6.07) is 8.45. The van der Waals surface area contributed by atoms with Gasteiger partial charge in [-0.2, -0.15) is 0 Å². The minimum Gasteiger partial charge on any atom is -0.400 e. The lowest BCUT2D eigenvalue weighted by atomic mass is 9.88. The summed E-state index contributed by atoms with van der Waals surface area (Å²) in [4.78, 5) is 0. The van der Waals surface area contributed by atoms with Crippen molar-refractivity contribution in [2.24, 2.45) is 0 Å². The molecule has 1 aromatic carbocycles. The topological polar surface area (TPSA) is 18.5 Å². The molecule has 2 rings (SSSR count). The van der Waals surface area contributed by atoms with Crippen LogP contribution in [0.4, 0.5) is 0 Å². The van der Waals surface area contributed by atoms with Crippen molar-refractivity contribution in [1.82, 2.24) is 0 Å². The van der Waals surface area contributed by atoms with Crippen molar-refractivity contribution in [1.29, 1.82) is 0 Å². The van der Waals surface area contributed by atoms with Crippen LogP contribution in [0.25, 0.3) is 6.08 Å². The first-order valence-corrected chi connectivity index (χ1v) is 7.96. The average molecular weight is 298 g/mol. The Morgan fingerprint density at radius 3 is 2.23 bits per heavy atom. The van der Waals surface area contributed by atoms with Gasteiger partial charge in [0.2, 0.25) is 0 Å². The number of hydrogen-bond acceptors (Lipinski definition) is 2. The lowest BCUT2D eigenvalue weighted by Gasteiger charge is -2.32. The minimum atomic E-state index is -0.290. The number of hydrogen-bond donors (Lipinski definition) is 0. The van der Waals surface area contributed by atoms with E-state index in [0.29, 0.717) is 0 Å². The van der Waals surface area contributed by atoms with Crippen molar-refractivity contribution in [3.63, 3.8) is 0 Å². The third kappa shape index (κ3) is 3.90. The van der Waals surface area contributed by atoms with E-state index in [1.807, 2.05) is 5.98 Å². The van der Waals surface area contributed by atoms with Crippen LogP contribution in [0.1, 0.15) is 52.7 Å². The summed E-state index contributed by atoms with van der Waals surface area (Å²) < 4.78 is 12.0. The molecule has 2 nitrogen and oxygen atoms in total. The summed E-state index contributed by atoms with van der Waals surface area (Å²) in [7, 11) is -0.290. The van der Waals surface area contributed by atoms with Crippen molar-refractivity contribution in [3.8, 4) is 0 Å². The van der Waals surface area contributed by atoms with Gasteiger partial charge < -0.3 is 9.31 Å². The fourth-order valence-electron chi connectivity index (χ4n) is 2.35. The van der Waals surface area contributed by atoms with Crippen molar-refractivity contribution < 1.29 is 9.31 Å². The molecule has 0 amide bonds. The van der Waals surface area contributed by atoms with Gasteiger partial charge in [0.25, 0.3) is 0 Å². The van der Waals surface area contributed by atoms with Crippen LogP contribution >= 0.6 is 0 Å². The zero-order valence-electron chi connectivity index (χ0n) is 14.6. The van der Waals surface area contributed by atoms with Crippen molar-refractivity contribution >= 4 is 13.2 Å². The molecule has 1 aliphatic heterocycles. The van der Waals surface area contributed by atoms with E-state index < -0.39 is 0 Å². The highest BCUT2D eigenvalue weighted by atomic mass is 16.7. The van der Waals surface area contributed by atoms with Gasteiger partial charge in [0.15, 0.2) is 0 Å². The van der Waals surface area contributed by atoms with Gasteiger partial charge in [-0.15, -0.1) is 0 Å². The van der Waals surface area contributed by atoms with E-state index in [0.717, 1.165) is 6.42 Å². The van der Waals surface area contributed by atoms with Crippen LogP contribution < -0.4 is 0 Å². The molecule has 0 aliphatic carbocycles. The lowest BCUT2D eigenvalue weighted by Crippen LogP contribution is -2.41. The fraction of sp³-hybridized carbons (Fsp3) is 0.474. The molecule has 0 atom stereocenters. The Kier molecular flexibility index (Phi) is 4.98. The zero-order chi connectivity index (χ0) is 16.4. The molecule has 0 radical (unpaired) electrons. The van der Waals surface area contributed by atoms with Gasteiger partial charge >= 0.3 is 7.12 Å². The van der Waals surface area contributed by atoms with Gasteiger partial charge in [0, 0.05) is 0 Å². The van der Waals surface area contributed by atoms with Crippen molar-refractivity contribution in [3.05, 3.63) is 53.0 Å². The lowest BCUT2D eigenvalue weighted by molar-refractivity contribution is 0.00578. The zero-order valence-corrected chi connectivity index (χ0v) is 14.6. The smallest absolute Gasteiger partial charge is 0.400 e. The number of benzene rings is 1. The van der Waals surface area contributed by atoms with Gasteiger partial charge in [-0.1, -0.05) is 48.0 Å². The van der Waals surface area contributed by atoms with Gasteiger partial charge in [-0.25, -0.2) is 0 Å². The van der Waals surface area contributed by atoms with Crippen LogP contribution in [0.15, 0.2) is 41.9 Å². The summed E-state index contributed by atoms with van der Waals surface area (Å²) in [6.07, 6.45) is 5.31. The standard InChI is InChI=1S/C19H27BO2/c1-15(2)11-12-16-9-7-8-10-17(16)13-14-20-21-18(3,4)19(5,6)22-20/h7-11,13-14H,12H2,1-6H3/b14-13+. The van der Waals surface area contributed by atoms with Gasteiger partial charge in [0.05, 0.1) is 11.2 Å². The monoisotopic (exact) mass is 298 g/mol. The quantitative estimate of drug-likeness (QED) is 0.585. The largest absolute Gasteiger partial charge is 0.487 e. The van der Waals surface area contributed by atoms with E-state index in [1.165, 1.54) is 16.7 Å². The van der Waals surface area contributed by atoms with E-state index in [1.54, 1.807) is 0 Å². The fourth-order valence-corrected chi connectivity index (χ4v) is 2.35. The highest BCUT2D eigenvalue weighted by Gasteiger charge is 2.49. The highest BCUT2D eigenvalue weighted by Crippen LogP contribution is 2.37. The molecule has 118 valence electrons. The van der Waals surface area contributed by atoms with Crippen LogP contribution in [0, 0.1) is 0 Å². The molecule has 1 aliphatic rings. The summed E-state index contributed by atoms with van der Waals surface area (Å²) in [5, 5.41) is 0. The Balaban J connectivity index is 2.13. The van der Waals surface area contributed by atoms with Gasteiger partial charge in [-0.05, 0) is 59.1 Å². The van der Waals surface area contributed by atoms with Crippen LogP contribution in [-0.4, -0.2) is 18.3 Å². The van der Waals surface area contributed by atoms with E-state index in [4.69, 9.17) is 9.31 Å². The van der Waals surface area contributed by atoms with Crippen molar-refractivity contribution in [2.45, 2.75) is 59.2 Å². The Bertz CT molecular complexity index is 565. The summed E-state index contributed by atoms with van der Waals surface area (Å²) in [5.41, 5.74) is 3.30. The molecule has 0 bridgehead atoms. The molecule has 1 fully saturated rings. The Morgan fingerprint density at radius 2 is 1.64 bits per heavy atom. The number of allylic oxidation sites excluding steroid dienone is 2. The molecule has 22 heavy (non-hydrogen) atoms. The molecule has 1 heterocycles. The van der Waals surface area contributed by atoms with E-state index in [2.05, 4.69) is 78.0 Å². The molecule has 1 saturated heterocycles. The van der Waals surface area contributed by atoms with Gasteiger partial charge in [-0.3, -0.25) is 0 Å². The predicted octanol–water partition coefficient (Wildman–Crippen LogP) is 4.84. The Hall–Kier alpha value is -1.32. The first-order chi connectivity index (χ1) is 10.2. The van der Waals surface area contributed by atoms with Crippen LogP contribution in [0.3, 0.4) is 0 Å². The highest BCUT2D eigenvalue weighted by molar-refractivity contribution is 6.52. The molecule has 0 saturated carbocycles. The predicted molar refractivity (Wildman–Crippen MR) is 94.7 cm³/mol. The molecule has 3 heteroatoms. The molecular weight excluding hydrogens is 271 g/mol. The van der Waals surface area contributed by atoms with Crippen LogP contribution in [0.2, 0.25) is 0 Å². The summed E-state index contributed by atoms with van der Waals surface area (Å²) >= 11 is 0. The molecule has 0 aromatic heterocycles. The van der Waals surface area contributed by atoms with Crippen molar-refractivity contribution in [2.75, 3.05) is 0 Å². The third-order valence-electron chi connectivity index (χ3n) is 4.49. The van der Waals surface area contributed by atoms with E-state index >= 15 is 0 Å².